The summed E-state index contributed by atoms with van der Waals surface area (Å²) >= 11 is 11.5. The Morgan fingerprint density at radius 1 is 1.10 bits per heavy atom. The van der Waals surface area contributed by atoms with Gasteiger partial charge in [0.15, 0.2) is 0 Å². The van der Waals surface area contributed by atoms with Crippen LogP contribution in [0.3, 0.4) is 0 Å². The summed E-state index contributed by atoms with van der Waals surface area (Å²) in [5.74, 6) is -0.917. The van der Waals surface area contributed by atoms with Crippen molar-refractivity contribution in [3.05, 3.63) is 57.8 Å². The summed E-state index contributed by atoms with van der Waals surface area (Å²) in [5, 5.41) is 2.97. The maximum absolute atomic E-state index is 12.0. The number of anilines is 1. The van der Waals surface area contributed by atoms with Crippen LogP contribution in [0.4, 0.5) is 5.69 Å². The van der Waals surface area contributed by atoms with Crippen molar-refractivity contribution in [3.63, 3.8) is 0 Å². The molecule has 0 aliphatic heterocycles. The molecule has 0 saturated carbocycles. The lowest BCUT2D eigenvalue weighted by Crippen LogP contribution is -2.13. The van der Waals surface area contributed by atoms with Crippen molar-refractivity contribution in [3.8, 4) is 0 Å². The molecular weight excluding hydrogens is 301 g/mol. The Kier molecular flexibility index (Phi) is 4.22. The van der Waals surface area contributed by atoms with Crippen LogP contribution in [0.2, 0.25) is 10.2 Å². The third kappa shape index (κ3) is 3.26. The van der Waals surface area contributed by atoms with Gasteiger partial charge in [0.2, 0.25) is 5.91 Å². The van der Waals surface area contributed by atoms with Gasteiger partial charge in [-0.25, -0.2) is 4.98 Å². The molecule has 7 heteroatoms. The molecule has 3 N–H and O–H groups in total. The van der Waals surface area contributed by atoms with Crippen molar-refractivity contribution in [2.45, 2.75) is 0 Å². The average molecular weight is 310 g/mol. The van der Waals surface area contributed by atoms with Crippen LogP contribution < -0.4 is 11.1 Å². The minimum Gasteiger partial charge on any atom is -0.366 e. The number of carbonyl (C=O) groups is 2. The first-order chi connectivity index (χ1) is 9.47. The molecule has 5 nitrogen and oxygen atoms in total. The van der Waals surface area contributed by atoms with Crippen LogP contribution in [0.15, 0.2) is 36.5 Å². The van der Waals surface area contributed by atoms with Gasteiger partial charge in [-0.05, 0) is 30.3 Å². The smallest absolute Gasteiger partial charge is 0.257 e. The molecule has 2 amide bonds. The molecule has 1 aromatic heterocycles. The van der Waals surface area contributed by atoms with Crippen LogP contribution in [0.5, 0.6) is 0 Å². The standard InChI is InChI=1S/C13H9Cl2N3O2/c14-10-5-8(6-17-11(10)15)13(20)18-9-3-1-7(2-4-9)12(16)19/h1-6H,(H2,16,19)(H,18,20). The van der Waals surface area contributed by atoms with Crippen LogP contribution in [0.25, 0.3) is 0 Å². The molecule has 1 aromatic carbocycles. The highest BCUT2D eigenvalue weighted by molar-refractivity contribution is 6.41. The van der Waals surface area contributed by atoms with Crippen LogP contribution in [-0.2, 0) is 0 Å². The van der Waals surface area contributed by atoms with E-state index in [0.717, 1.165) is 0 Å². The van der Waals surface area contributed by atoms with E-state index in [2.05, 4.69) is 10.3 Å². The first kappa shape index (κ1) is 14.3. The van der Waals surface area contributed by atoms with Crippen molar-refractivity contribution >= 4 is 40.7 Å². The summed E-state index contributed by atoms with van der Waals surface area (Å²) in [6.07, 6.45) is 1.32. The molecule has 0 fully saturated rings. The summed E-state index contributed by atoms with van der Waals surface area (Å²) < 4.78 is 0. The first-order valence-corrected chi connectivity index (χ1v) is 6.25. The number of hydrogen-bond donors (Lipinski definition) is 2. The summed E-state index contributed by atoms with van der Waals surface area (Å²) in [6.45, 7) is 0. The van der Waals surface area contributed by atoms with E-state index in [4.69, 9.17) is 28.9 Å². The number of primary amides is 1. The molecule has 0 bridgehead atoms. The van der Waals surface area contributed by atoms with Gasteiger partial charge in [0, 0.05) is 17.4 Å². The molecule has 2 rings (SSSR count). The Morgan fingerprint density at radius 2 is 1.75 bits per heavy atom. The van der Waals surface area contributed by atoms with Crippen LogP contribution in [-0.4, -0.2) is 16.8 Å². The molecule has 0 aliphatic rings. The van der Waals surface area contributed by atoms with Crippen molar-refractivity contribution in [2.75, 3.05) is 5.32 Å². The number of hydrogen-bond acceptors (Lipinski definition) is 3. The Morgan fingerprint density at radius 3 is 2.30 bits per heavy atom. The zero-order chi connectivity index (χ0) is 14.7. The van der Waals surface area contributed by atoms with Gasteiger partial charge in [-0.2, -0.15) is 0 Å². The second kappa shape index (κ2) is 5.90. The molecule has 102 valence electrons. The maximum Gasteiger partial charge on any atom is 0.257 e. The molecule has 2 aromatic rings. The maximum atomic E-state index is 12.0. The highest BCUT2D eigenvalue weighted by Crippen LogP contribution is 2.20. The number of nitrogens with zero attached hydrogens (tertiary/aromatic N) is 1. The third-order valence-corrected chi connectivity index (χ3v) is 3.17. The predicted molar refractivity (Wildman–Crippen MR) is 77.2 cm³/mol. The van der Waals surface area contributed by atoms with Crippen LogP contribution in [0, 0.1) is 0 Å². The van der Waals surface area contributed by atoms with Gasteiger partial charge in [-0.1, -0.05) is 23.2 Å². The number of nitrogens with one attached hydrogen (secondary N) is 1. The van der Waals surface area contributed by atoms with E-state index in [0.29, 0.717) is 11.3 Å². The molecule has 0 aliphatic carbocycles. The Bertz CT molecular complexity index is 672. The number of amides is 2. The van der Waals surface area contributed by atoms with Gasteiger partial charge in [-0.15, -0.1) is 0 Å². The highest BCUT2D eigenvalue weighted by atomic mass is 35.5. The first-order valence-electron chi connectivity index (χ1n) is 5.49. The van der Waals surface area contributed by atoms with E-state index in [1.807, 2.05) is 0 Å². The van der Waals surface area contributed by atoms with Gasteiger partial charge in [-0.3, -0.25) is 9.59 Å². The zero-order valence-electron chi connectivity index (χ0n) is 10.1. The normalized spacial score (nSPS) is 10.1. The van der Waals surface area contributed by atoms with Crippen LogP contribution in [0.1, 0.15) is 20.7 Å². The third-order valence-electron chi connectivity index (χ3n) is 2.49. The number of benzene rings is 1. The second-order valence-electron chi connectivity index (χ2n) is 3.89. The molecule has 0 spiro atoms. The number of aromatic nitrogens is 1. The quantitative estimate of drug-likeness (QED) is 0.855. The SMILES string of the molecule is NC(=O)c1ccc(NC(=O)c2cnc(Cl)c(Cl)c2)cc1. The fourth-order valence-electron chi connectivity index (χ4n) is 1.47. The molecule has 0 saturated heterocycles. The lowest BCUT2D eigenvalue weighted by Gasteiger charge is -2.06. The lowest BCUT2D eigenvalue weighted by molar-refractivity contribution is 0.0998. The summed E-state index contributed by atoms with van der Waals surface area (Å²) in [5.41, 5.74) is 6.28. The fraction of sp³-hybridized carbons (Fsp3) is 0. The van der Waals surface area contributed by atoms with E-state index in [9.17, 15) is 9.59 Å². The van der Waals surface area contributed by atoms with Gasteiger partial charge < -0.3 is 11.1 Å². The van der Waals surface area contributed by atoms with Gasteiger partial charge in [0.05, 0.1) is 10.6 Å². The lowest BCUT2D eigenvalue weighted by atomic mass is 10.2. The Labute approximate surface area is 124 Å². The largest absolute Gasteiger partial charge is 0.366 e. The number of rotatable bonds is 3. The minimum absolute atomic E-state index is 0.133. The number of pyridine rings is 1. The monoisotopic (exact) mass is 309 g/mol. The van der Waals surface area contributed by atoms with Crippen molar-refractivity contribution in [1.29, 1.82) is 0 Å². The van der Waals surface area contributed by atoms with E-state index < -0.39 is 5.91 Å². The molecule has 1 heterocycles. The minimum atomic E-state index is -0.531. The number of halogens is 2. The topological polar surface area (TPSA) is 85.1 Å². The molecule has 20 heavy (non-hydrogen) atoms. The van der Waals surface area contributed by atoms with E-state index >= 15 is 0 Å². The predicted octanol–water partition coefficient (Wildman–Crippen LogP) is 2.74. The van der Waals surface area contributed by atoms with E-state index in [1.165, 1.54) is 24.4 Å². The summed E-state index contributed by atoms with van der Waals surface area (Å²) in [4.78, 5) is 26.7. The average Bonchev–Trinajstić information content (AvgIpc) is 2.42. The van der Waals surface area contributed by atoms with Gasteiger partial charge in [0.1, 0.15) is 5.15 Å². The zero-order valence-corrected chi connectivity index (χ0v) is 11.6. The van der Waals surface area contributed by atoms with Crippen LogP contribution >= 0.6 is 23.2 Å². The van der Waals surface area contributed by atoms with E-state index in [-0.39, 0.29) is 21.6 Å². The molecule has 0 unspecified atom stereocenters. The van der Waals surface area contributed by atoms with Crippen molar-refractivity contribution in [2.24, 2.45) is 5.73 Å². The van der Waals surface area contributed by atoms with E-state index in [1.54, 1.807) is 12.1 Å². The highest BCUT2D eigenvalue weighted by Gasteiger charge is 2.09. The summed E-state index contributed by atoms with van der Waals surface area (Å²) in [6, 6.07) is 7.60. The Balaban J connectivity index is 2.14. The summed E-state index contributed by atoms with van der Waals surface area (Å²) in [7, 11) is 0. The van der Waals surface area contributed by atoms with Crippen molar-refractivity contribution < 1.29 is 9.59 Å². The fourth-order valence-corrected chi connectivity index (χ4v) is 1.74. The molecule has 0 radical (unpaired) electrons. The van der Waals surface area contributed by atoms with Gasteiger partial charge >= 0.3 is 0 Å². The second-order valence-corrected chi connectivity index (χ2v) is 4.66. The number of carbonyl (C=O) groups excluding carboxylic acids is 2. The van der Waals surface area contributed by atoms with Gasteiger partial charge in [0.25, 0.3) is 5.91 Å². The Hall–Kier alpha value is -2.11. The number of nitrogens with two attached hydrogens (primary N) is 1. The molecule has 0 atom stereocenters. The van der Waals surface area contributed by atoms with Crippen molar-refractivity contribution in [1.82, 2.24) is 4.98 Å². The molecular formula is C13H9Cl2N3O2.